The summed E-state index contributed by atoms with van der Waals surface area (Å²) in [6.45, 7) is 5.53. The predicted octanol–water partition coefficient (Wildman–Crippen LogP) is 2.40. The smallest absolute Gasteiger partial charge is 0.408 e. The lowest BCUT2D eigenvalue weighted by molar-refractivity contribution is -0.141. The van der Waals surface area contributed by atoms with Crippen molar-refractivity contribution in [1.29, 1.82) is 0 Å². The van der Waals surface area contributed by atoms with E-state index < -0.39 is 74.3 Å². The number of carbonyl (C=O) groups is 4. The van der Waals surface area contributed by atoms with Gasteiger partial charge in [0.2, 0.25) is 27.7 Å². The molecule has 3 fully saturated rings. The molecule has 0 radical (unpaired) electrons. The standard InChI is InChI=1S/C37H50N6O10S/c1-36(2,3)53-35(47)38-28-10-8-16-51-15-7-9-23-20-37(23,34(46)41-54(48,49)26-12-13-26)40-31(44)29-19-25(21-43(29)33(28)45)52-32-27-14-11-24(50-6)17-22(27)18-30(39-32)42(4)5/h7,9,11,14,17-18,23,25-26,28-29H,8,10,12-13,15-16,19-21H2,1-6H3,(H,38,47)(H,40,44)(H,41,46)/t23?,25?,28-,29-,37+/m0/s1. The van der Waals surface area contributed by atoms with Gasteiger partial charge in [0.1, 0.15) is 40.9 Å². The van der Waals surface area contributed by atoms with E-state index in [2.05, 4.69) is 15.4 Å². The van der Waals surface area contributed by atoms with E-state index >= 15 is 0 Å². The molecule has 54 heavy (non-hydrogen) atoms. The van der Waals surface area contributed by atoms with E-state index in [4.69, 9.17) is 23.9 Å². The van der Waals surface area contributed by atoms with Gasteiger partial charge in [0, 0.05) is 38.4 Å². The first kappa shape index (κ1) is 39.1. The van der Waals surface area contributed by atoms with Crippen molar-refractivity contribution in [2.75, 3.05) is 45.9 Å². The van der Waals surface area contributed by atoms with E-state index in [-0.39, 0.29) is 44.9 Å². The Kier molecular flexibility index (Phi) is 11.0. The first-order valence-electron chi connectivity index (χ1n) is 18.2. The highest BCUT2D eigenvalue weighted by Crippen LogP contribution is 2.46. The zero-order valence-corrected chi connectivity index (χ0v) is 32.4. The topological polar surface area (TPSA) is 195 Å². The summed E-state index contributed by atoms with van der Waals surface area (Å²) < 4.78 is 51.0. The lowest BCUT2D eigenvalue weighted by Gasteiger charge is -2.30. The van der Waals surface area contributed by atoms with Gasteiger partial charge in [-0.15, -0.1) is 0 Å². The molecule has 0 spiro atoms. The molecule has 2 aromatic rings. The number of alkyl carbamates (subject to hydrolysis) is 1. The second-order valence-electron chi connectivity index (χ2n) is 15.5. The van der Waals surface area contributed by atoms with Crippen molar-refractivity contribution in [2.45, 2.75) is 93.9 Å². The number of carbonyl (C=O) groups excluding carboxylic acids is 4. The number of methoxy groups -OCH3 is 1. The summed E-state index contributed by atoms with van der Waals surface area (Å²) in [5, 5.41) is 6.38. The van der Waals surface area contributed by atoms with Crippen LogP contribution in [0.4, 0.5) is 10.6 Å². The van der Waals surface area contributed by atoms with Gasteiger partial charge in [0.15, 0.2) is 0 Å². The Morgan fingerprint density at radius 3 is 2.57 bits per heavy atom. The van der Waals surface area contributed by atoms with Crippen molar-refractivity contribution in [3.63, 3.8) is 0 Å². The highest BCUT2D eigenvalue weighted by Gasteiger charge is 2.62. The minimum atomic E-state index is -3.92. The number of aromatic nitrogens is 1. The van der Waals surface area contributed by atoms with Crippen LogP contribution in [0.1, 0.15) is 59.3 Å². The zero-order chi connectivity index (χ0) is 39.0. The minimum Gasteiger partial charge on any atom is -0.497 e. The number of rotatable bonds is 8. The highest BCUT2D eigenvalue weighted by molar-refractivity contribution is 7.91. The molecule has 294 valence electrons. The van der Waals surface area contributed by atoms with Crippen LogP contribution in [0.2, 0.25) is 0 Å². The average molecular weight is 771 g/mol. The van der Waals surface area contributed by atoms with E-state index in [0.717, 1.165) is 5.39 Å². The third-order valence-corrected chi connectivity index (χ3v) is 11.7. The molecule has 4 aliphatic rings. The molecular formula is C37H50N6O10S. The van der Waals surface area contributed by atoms with Crippen molar-refractivity contribution in [3.8, 4) is 11.6 Å². The summed E-state index contributed by atoms with van der Waals surface area (Å²) in [5.74, 6) is -1.01. The number of nitrogens with one attached hydrogen (secondary N) is 3. The highest BCUT2D eigenvalue weighted by atomic mass is 32.2. The van der Waals surface area contributed by atoms with Crippen molar-refractivity contribution >= 4 is 50.4 Å². The predicted molar refractivity (Wildman–Crippen MR) is 199 cm³/mol. The number of ether oxygens (including phenoxy) is 4. The molecule has 17 heteroatoms. The second kappa shape index (κ2) is 15.2. The van der Waals surface area contributed by atoms with Gasteiger partial charge in [-0.2, -0.15) is 4.98 Å². The second-order valence-corrected chi connectivity index (χ2v) is 17.5. The molecular weight excluding hydrogens is 721 g/mol. The number of benzene rings is 1. The number of hydrogen-bond donors (Lipinski definition) is 3. The fourth-order valence-corrected chi connectivity index (χ4v) is 8.17. The van der Waals surface area contributed by atoms with Crippen LogP contribution in [0.3, 0.4) is 0 Å². The Hall–Kier alpha value is -4.64. The van der Waals surface area contributed by atoms with Crippen LogP contribution >= 0.6 is 0 Å². The fourth-order valence-electron chi connectivity index (χ4n) is 6.80. The molecule has 3 N–H and O–H groups in total. The molecule has 3 heterocycles. The van der Waals surface area contributed by atoms with Crippen LogP contribution in [-0.4, -0.2) is 118 Å². The van der Waals surface area contributed by atoms with Crippen molar-refractivity contribution in [3.05, 3.63) is 36.4 Å². The fraction of sp³-hybridized carbons (Fsp3) is 0.595. The van der Waals surface area contributed by atoms with Gasteiger partial charge in [-0.05, 0) is 82.5 Å². The number of anilines is 1. The Morgan fingerprint density at radius 1 is 1.13 bits per heavy atom. The van der Waals surface area contributed by atoms with E-state index in [9.17, 15) is 27.6 Å². The van der Waals surface area contributed by atoms with Gasteiger partial charge >= 0.3 is 6.09 Å². The largest absolute Gasteiger partial charge is 0.497 e. The first-order valence-corrected chi connectivity index (χ1v) is 19.8. The van der Waals surface area contributed by atoms with Crippen LogP contribution in [0, 0.1) is 5.92 Å². The number of nitrogens with zero attached hydrogens (tertiary/aromatic N) is 3. The van der Waals surface area contributed by atoms with Gasteiger partial charge in [-0.3, -0.25) is 19.1 Å². The molecule has 1 saturated heterocycles. The molecule has 2 aliphatic carbocycles. The summed E-state index contributed by atoms with van der Waals surface area (Å²) in [6.07, 6.45) is 3.60. The summed E-state index contributed by atoms with van der Waals surface area (Å²) in [4.78, 5) is 63.5. The number of pyridine rings is 1. The Balaban J connectivity index is 1.34. The van der Waals surface area contributed by atoms with E-state index in [1.165, 1.54) is 4.90 Å². The lowest BCUT2D eigenvalue weighted by atomic mass is 10.1. The van der Waals surface area contributed by atoms with Crippen LogP contribution in [0.25, 0.3) is 10.8 Å². The molecule has 0 bridgehead atoms. The SMILES string of the molecule is COc1ccc2c(OC3C[C@H]4C(=O)N[C@]5(C(=O)NS(=O)(=O)C6CC6)CC5C=CCOCCC[C@H](NC(=O)OC(C)(C)C)C(=O)N4C3)nc(N(C)C)cc2c1. The molecule has 2 unspecified atom stereocenters. The van der Waals surface area contributed by atoms with E-state index in [1.54, 1.807) is 46.1 Å². The molecule has 5 atom stereocenters. The summed E-state index contributed by atoms with van der Waals surface area (Å²) >= 11 is 0. The van der Waals surface area contributed by atoms with Crippen molar-refractivity contribution in [1.82, 2.24) is 25.2 Å². The van der Waals surface area contributed by atoms with Gasteiger partial charge in [0.05, 0.1) is 25.5 Å². The van der Waals surface area contributed by atoms with Gasteiger partial charge in [0.25, 0.3) is 5.91 Å². The van der Waals surface area contributed by atoms with E-state index in [0.29, 0.717) is 36.2 Å². The zero-order valence-electron chi connectivity index (χ0n) is 31.5. The maximum atomic E-state index is 14.5. The van der Waals surface area contributed by atoms with Gasteiger partial charge in [-0.25, -0.2) is 13.2 Å². The Bertz CT molecular complexity index is 1930. The van der Waals surface area contributed by atoms with Crippen LogP contribution < -0.4 is 29.7 Å². The molecule has 1 aromatic heterocycles. The Morgan fingerprint density at radius 2 is 1.89 bits per heavy atom. The number of fused-ring (bicyclic) bond motifs is 3. The van der Waals surface area contributed by atoms with Gasteiger partial charge in [-0.1, -0.05) is 12.2 Å². The van der Waals surface area contributed by atoms with Crippen LogP contribution in [0.15, 0.2) is 36.4 Å². The Labute approximate surface area is 315 Å². The van der Waals surface area contributed by atoms with E-state index in [1.807, 2.05) is 37.2 Å². The normalized spacial score (nSPS) is 26.4. The van der Waals surface area contributed by atoms with Crippen molar-refractivity contribution < 1.29 is 46.5 Å². The molecule has 2 aliphatic heterocycles. The maximum Gasteiger partial charge on any atom is 0.408 e. The summed E-state index contributed by atoms with van der Waals surface area (Å²) in [6, 6.07) is 5.13. The first-order chi connectivity index (χ1) is 25.5. The molecule has 16 nitrogen and oxygen atoms in total. The minimum absolute atomic E-state index is 0.0178. The molecule has 6 rings (SSSR count). The van der Waals surface area contributed by atoms with Crippen molar-refractivity contribution in [2.24, 2.45) is 5.92 Å². The summed E-state index contributed by atoms with van der Waals surface area (Å²) in [5.41, 5.74) is -2.39. The molecule has 1 aromatic carbocycles. The number of hydrogen-bond acceptors (Lipinski definition) is 12. The number of sulfonamides is 1. The van der Waals surface area contributed by atoms with Crippen LogP contribution in [-0.2, 0) is 33.9 Å². The monoisotopic (exact) mass is 770 g/mol. The number of amides is 4. The average Bonchev–Trinajstić information content (AvgIpc) is 4.02. The molecule has 4 amide bonds. The van der Waals surface area contributed by atoms with Crippen LogP contribution in [0.5, 0.6) is 11.6 Å². The third kappa shape index (κ3) is 8.83. The third-order valence-electron chi connectivity index (χ3n) is 9.89. The molecule has 2 saturated carbocycles. The quantitative estimate of drug-likeness (QED) is 0.333. The summed E-state index contributed by atoms with van der Waals surface area (Å²) in [7, 11) is 1.35. The van der Waals surface area contributed by atoms with Gasteiger partial charge < -0.3 is 39.4 Å². The maximum absolute atomic E-state index is 14.5. The lowest BCUT2D eigenvalue weighted by Crippen LogP contribution is -2.58.